The molecule has 1 aromatic carbocycles. The molecule has 3 N–H and O–H groups in total. The summed E-state index contributed by atoms with van der Waals surface area (Å²) in [6.07, 6.45) is 2.73. The van der Waals surface area contributed by atoms with Gasteiger partial charge < -0.3 is 11.1 Å². The largest absolute Gasteiger partial charge is 0.384 e. The van der Waals surface area contributed by atoms with Gasteiger partial charge in [0.1, 0.15) is 5.82 Å². The van der Waals surface area contributed by atoms with Gasteiger partial charge in [0.25, 0.3) is 0 Å². The Morgan fingerprint density at radius 3 is 2.90 bits per heavy atom. The summed E-state index contributed by atoms with van der Waals surface area (Å²) < 4.78 is 1.12. The summed E-state index contributed by atoms with van der Waals surface area (Å²) in [6, 6.07) is 12.8. The minimum atomic E-state index is 0.417. The predicted octanol–water partition coefficient (Wildman–Crippen LogP) is 3.74. The molecule has 0 amide bonds. The number of nitrogens with zero attached hydrogens (tertiary/aromatic N) is 1. The van der Waals surface area contributed by atoms with Crippen LogP contribution >= 0.6 is 27.7 Å². The summed E-state index contributed by atoms with van der Waals surface area (Å²) in [4.78, 5) is 5.32. The highest BCUT2D eigenvalue weighted by Gasteiger charge is 2.10. The maximum absolute atomic E-state index is 5.75. The van der Waals surface area contributed by atoms with Crippen LogP contribution in [0.5, 0.6) is 0 Å². The van der Waals surface area contributed by atoms with Crippen molar-refractivity contribution in [3.05, 3.63) is 52.6 Å². The number of nitrogens with two attached hydrogens (primary N) is 1. The highest BCUT2D eigenvalue weighted by molar-refractivity contribution is 9.10. The summed E-state index contributed by atoms with van der Waals surface area (Å²) in [5.41, 5.74) is 6.97. The van der Waals surface area contributed by atoms with Crippen molar-refractivity contribution >= 4 is 33.5 Å². The number of halogens is 1. The smallest absolute Gasteiger partial charge is 0.123 e. The standard InChI is InChI=1S/C16H20BrN3S/c1-2-19-14(8-12-6-7-20-16(18)9-12)11-21-15-5-3-4-13(17)10-15/h3-7,9-10,14,19H,2,8,11H2,1H3,(H2,18,20). The van der Waals surface area contributed by atoms with E-state index in [4.69, 9.17) is 5.73 Å². The number of aromatic nitrogens is 1. The van der Waals surface area contributed by atoms with Gasteiger partial charge in [-0.2, -0.15) is 0 Å². The maximum Gasteiger partial charge on any atom is 0.123 e. The fourth-order valence-electron chi connectivity index (χ4n) is 2.14. The number of benzene rings is 1. The van der Waals surface area contributed by atoms with E-state index in [-0.39, 0.29) is 0 Å². The molecule has 21 heavy (non-hydrogen) atoms. The second-order valence-electron chi connectivity index (χ2n) is 4.82. The van der Waals surface area contributed by atoms with Gasteiger partial charge in [-0.15, -0.1) is 11.8 Å². The molecule has 2 rings (SSSR count). The first-order chi connectivity index (χ1) is 10.2. The molecule has 3 nitrogen and oxygen atoms in total. The number of pyridine rings is 1. The monoisotopic (exact) mass is 365 g/mol. The Labute approximate surface area is 138 Å². The third-order valence-electron chi connectivity index (χ3n) is 3.07. The van der Waals surface area contributed by atoms with Crippen molar-refractivity contribution in [1.29, 1.82) is 0 Å². The zero-order chi connectivity index (χ0) is 15.1. The molecule has 0 fully saturated rings. The molecule has 0 aliphatic heterocycles. The van der Waals surface area contributed by atoms with E-state index < -0.39 is 0 Å². The lowest BCUT2D eigenvalue weighted by Gasteiger charge is -2.18. The Hall–Kier alpha value is -1.04. The van der Waals surface area contributed by atoms with Crippen LogP contribution in [0.2, 0.25) is 0 Å². The van der Waals surface area contributed by atoms with Crippen molar-refractivity contribution in [2.75, 3.05) is 18.0 Å². The zero-order valence-corrected chi connectivity index (χ0v) is 14.5. The molecule has 2 aromatic rings. The van der Waals surface area contributed by atoms with Crippen LogP contribution in [0, 0.1) is 0 Å². The molecule has 1 aromatic heterocycles. The molecular formula is C16H20BrN3S. The number of rotatable bonds is 7. The fourth-order valence-corrected chi connectivity index (χ4v) is 3.70. The van der Waals surface area contributed by atoms with Crippen LogP contribution in [0.1, 0.15) is 12.5 Å². The SMILES string of the molecule is CCNC(CSc1cccc(Br)c1)Cc1ccnc(N)c1. The lowest BCUT2D eigenvalue weighted by Crippen LogP contribution is -2.33. The highest BCUT2D eigenvalue weighted by Crippen LogP contribution is 2.23. The molecule has 0 saturated heterocycles. The first-order valence-corrected chi connectivity index (χ1v) is 8.77. The Morgan fingerprint density at radius 1 is 1.33 bits per heavy atom. The first-order valence-electron chi connectivity index (χ1n) is 6.99. The van der Waals surface area contributed by atoms with Crippen LogP contribution < -0.4 is 11.1 Å². The number of hydrogen-bond acceptors (Lipinski definition) is 4. The number of likely N-dealkylation sites (N-methyl/N-ethyl adjacent to an activating group) is 1. The quantitative estimate of drug-likeness (QED) is 0.733. The summed E-state index contributed by atoms with van der Waals surface area (Å²) in [6.45, 7) is 3.10. The number of nitrogen functional groups attached to an aromatic ring is 1. The van der Waals surface area contributed by atoms with Gasteiger partial charge in [-0.1, -0.05) is 28.9 Å². The van der Waals surface area contributed by atoms with E-state index in [0.717, 1.165) is 23.2 Å². The Morgan fingerprint density at radius 2 is 2.19 bits per heavy atom. The minimum Gasteiger partial charge on any atom is -0.384 e. The molecule has 0 bridgehead atoms. The van der Waals surface area contributed by atoms with Gasteiger partial charge in [0, 0.05) is 27.4 Å². The zero-order valence-electron chi connectivity index (χ0n) is 12.1. The summed E-state index contributed by atoms with van der Waals surface area (Å²) in [7, 11) is 0. The van der Waals surface area contributed by atoms with E-state index in [9.17, 15) is 0 Å². The van der Waals surface area contributed by atoms with Gasteiger partial charge in [0.2, 0.25) is 0 Å². The average molecular weight is 366 g/mol. The normalized spacial score (nSPS) is 12.3. The molecule has 112 valence electrons. The van der Waals surface area contributed by atoms with Crippen molar-refractivity contribution in [2.24, 2.45) is 0 Å². The van der Waals surface area contributed by atoms with Crippen molar-refractivity contribution in [2.45, 2.75) is 24.3 Å². The molecule has 0 aliphatic carbocycles. The van der Waals surface area contributed by atoms with Crippen LogP contribution in [-0.2, 0) is 6.42 Å². The van der Waals surface area contributed by atoms with E-state index in [2.05, 4.69) is 51.4 Å². The molecule has 1 atom stereocenters. The van der Waals surface area contributed by atoms with Crippen molar-refractivity contribution in [1.82, 2.24) is 10.3 Å². The minimum absolute atomic E-state index is 0.417. The topological polar surface area (TPSA) is 50.9 Å². The van der Waals surface area contributed by atoms with E-state index in [0.29, 0.717) is 11.9 Å². The molecule has 5 heteroatoms. The van der Waals surface area contributed by atoms with Crippen LogP contribution in [0.3, 0.4) is 0 Å². The van der Waals surface area contributed by atoms with Gasteiger partial charge in [0.15, 0.2) is 0 Å². The fraction of sp³-hybridized carbons (Fsp3) is 0.312. The number of thioether (sulfide) groups is 1. The second-order valence-corrected chi connectivity index (χ2v) is 6.83. The number of nitrogens with one attached hydrogen (secondary N) is 1. The van der Waals surface area contributed by atoms with Gasteiger partial charge in [0.05, 0.1) is 0 Å². The molecular weight excluding hydrogens is 346 g/mol. The van der Waals surface area contributed by atoms with Crippen LogP contribution in [0.4, 0.5) is 5.82 Å². The van der Waals surface area contributed by atoms with Gasteiger partial charge in [-0.05, 0) is 48.9 Å². The summed E-state index contributed by atoms with van der Waals surface area (Å²) in [5, 5.41) is 3.54. The Bertz CT molecular complexity index is 577. The third kappa shape index (κ3) is 5.69. The maximum atomic E-state index is 5.75. The van der Waals surface area contributed by atoms with Crippen LogP contribution in [0.25, 0.3) is 0 Å². The van der Waals surface area contributed by atoms with E-state index >= 15 is 0 Å². The van der Waals surface area contributed by atoms with Crippen LogP contribution in [-0.4, -0.2) is 23.3 Å². The molecule has 1 heterocycles. The van der Waals surface area contributed by atoms with E-state index in [1.807, 2.05) is 30.0 Å². The third-order valence-corrected chi connectivity index (χ3v) is 4.72. The lowest BCUT2D eigenvalue weighted by atomic mass is 10.1. The lowest BCUT2D eigenvalue weighted by molar-refractivity contribution is 0.572. The molecule has 0 radical (unpaired) electrons. The van der Waals surface area contributed by atoms with Crippen molar-refractivity contribution in [3.8, 4) is 0 Å². The molecule has 1 unspecified atom stereocenters. The van der Waals surface area contributed by atoms with Crippen molar-refractivity contribution < 1.29 is 0 Å². The molecule has 0 aliphatic rings. The van der Waals surface area contributed by atoms with Gasteiger partial charge in [-0.25, -0.2) is 4.98 Å². The summed E-state index contributed by atoms with van der Waals surface area (Å²) in [5.74, 6) is 1.61. The van der Waals surface area contributed by atoms with Crippen LogP contribution in [0.15, 0.2) is 52.0 Å². The Kier molecular flexibility index (Phi) is 6.54. The number of anilines is 1. The highest BCUT2D eigenvalue weighted by atomic mass is 79.9. The van der Waals surface area contributed by atoms with E-state index in [1.54, 1.807) is 6.20 Å². The van der Waals surface area contributed by atoms with Gasteiger partial charge in [-0.3, -0.25) is 0 Å². The Balaban J connectivity index is 1.95. The average Bonchev–Trinajstić information content (AvgIpc) is 2.45. The molecule has 0 saturated carbocycles. The first kappa shape index (κ1) is 16.3. The van der Waals surface area contributed by atoms with Crippen molar-refractivity contribution in [3.63, 3.8) is 0 Å². The van der Waals surface area contributed by atoms with E-state index in [1.165, 1.54) is 10.5 Å². The number of hydrogen-bond donors (Lipinski definition) is 2. The second kappa shape index (κ2) is 8.41. The molecule has 0 spiro atoms. The van der Waals surface area contributed by atoms with Gasteiger partial charge >= 0.3 is 0 Å². The summed E-state index contributed by atoms with van der Waals surface area (Å²) >= 11 is 5.38. The predicted molar refractivity (Wildman–Crippen MR) is 94.7 cm³/mol.